The van der Waals surface area contributed by atoms with Crippen LogP contribution in [-0.4, -0.2) is 22.5 Å². The second-order valence-corrected chi connectivity index (χ2v) is 7.28. The number of nitrogens with one attached hydrogen (secondary N) is 1. The lowest BCUT2D eigenvalue weighted by Gasteiger charge is -2.26. The lowest BCUT2D eigenvalue weighted by atomic mass is 10.1. The Morgan fingerprint density at radius 1 is 1.56 bits per heavy atom. The van der Waals surface area contributed by atoms with Gasteiger partial charge in [-0.3, -0.25) is 0 Å². The van der Waals surface area contributed by atoms with Gasteiger partial charge in [-0.15, -0.1) is 11.3 Å². The van der Waals surface area contributed by atoms with E-state index in [2.05, 4.69) is 16.6 Å². The van der Waals surface area contributed by atoms with Crippen LogP contribution in [0, 0.1) is 0 Å². The van der Waals surface area contributed by atoms with Crippen LogP contribution in [0.2, 0.25) is 4.34 Å². The van der Waals surface area contributed by atoms with Crippen molar-refractivity contribution in [3.63, 3.8) is 0 Å². The van der Waals surface area contributed by atoms with Gasteiger partial charge in [-0.1, -0.05) is 24.4 Å². The van der Waals surface area contributed by atoms with Crippen molar-refractivity contribution >= 4 is 34.7 Å². The van der Waals surface area contributed by atoms with E-state index in [1.165, 1.54) is 25.7 Å². The molecule has 0 spiro atoms. The summed E-state index contributed by atoms with van der Waals surface area (Å²) in [5.74, 6) is 0. The van der Waals surface area contributed by atoms with E-state index in [1.807, 2.05) is 11.8 Å². The highest BCUT2D eigenvalue weighted by molar-refractivity contribution is 8.00. The Morgan fingerprint density at radius 3 is 2.88 bits per heavy atom. The maximum Gasteiger partial charge on any atom is 0.113 e. The summed E-state index contributed by atoms with van der Waals surface area (Å²) >= 11 is 9.42. The Labute approximate surface area is 110 Å². The highest BCUT2D eigenvalue weighted by Crippen LogP contribution is 2.39. The Hall–Kier alpha value is 0.230. The molecule has 2 nitrogen and oxygen atoms in total. The third kappa shape index (κ3) is 3.13. The Balaban J connectivity index is 1.78. The van der Waals surface area contributed by atoms with Gasteiger partial charge in [-0.2, -0.15) is 11.8 Å². The van der Waals surface area contributed by atoms with Crippen molar-refractivity contribution in [1.82, 2.24) is 10.3 Å². The molecule has 1 heterocycles. The quantitative estimate of drug-likeness (QED) is 0.890. The fourth-order valence-electron chi connectivity index (χ4n) is 2.24. The number of rotatable bonds is 5. The van der Waals surface area contributed by atoms with Crippen LogP contribution in [-0.2, 0) is 6.54 Å². The van der Waals surface area contributed by atoms with E-state index in [0.717, 1.165) is 22.4 Å². The molecule has 0 aromatic carbocycles. The van der Waals surface area contributed by atoms with Crippen molar-refractivity contribution < 1.29 is 0 Å². The largest absolute Gasteiger partial charge is 0.309 e. The van der Waals surface area contributed by atoms with Gasteiger partial charge in [0.25, 0.3) is 0 Å². The van der Waals surface area contributed by atoms with Crippen LogP contribution >= 0.6 is 34.7 Å². The minimum absolute atomic E-state index is 0.473. The summed E-state index contributed by atoms with van der Waals surface area (Å²) in [4.78, 5) is 4.25. The Bertz CT molecular complexity index is 334. The van der Waals surface area contributed by atoms with Crippen molar-refractivity contribution in [1.29, 1.82) is 0 Å². The van der Waals surface area contributed by atoms with E-state index in [4.69, 9.17) is 11.6 Å². The number of nitrogens with zero attached hydrogens (tertiary/aromatic N) is 1. The average Bonchev–Trinajstić information content (AvgIpc) is 2.89. The minimum Gasteiger partial charge on any atom is -0.309 e. The fraction of sp³-hybridized carbons (Fsp3) is 0.727. The van der Waals surface area contributed by atoms with Crippen LogP contribution in [0.25, 0.3) is 0 Å². The molecule has 0 amide bonds. The normalized spacial score (nSPS) is 19.1. The zero-order chi connectivity index (χ0) is 11.4. The van der Waals surface area contributed by atoms with Gasteiger partial charge < -0.3 is 5.32 Å². The molecule has 1 saturated carbocycles. The summed E-state index contributed by atoms with van der Waals surface area (Å²) in [5.41, 5.74) is 0. The predicted octanol–water partition coefficient (Wildman–Crippen LogP) is 3.56. The lowest BCUT2D eigenvalue weighted by molar-refractivity contribution is 0.533. The zero-order valence-corrected chi connectivity index (χ0v) is 11.9. The maximum absolute atomic E-state index is 5.85. The summed E-state index contributed by atoms with van der Waals surface area (Å²) in [5, 5.41) is 4.60. The molecular formula is C11H17ClN2S2. The molecule has 2 rings (SSSR count). The number of hydrogen-bond donors (Lipinski definition) is 1. The van der Waals surface area contributed by atoms with Crippen molar-refractivity contribution in [2.75, 3.05) is 12.8 Å². The molecule has 1 aliphatic carbocycles. The summed E-state index contributed by atoms with van der Waals surface area (Å²) in [7, 11) is 0. The minimum atomic E-state index is 0.473. The SMILES string of the molecule is CSC1(CNCc2ncc(Cl)s2)CCCC1. The van der Waals surface area contributed by atoms with Crippen molar-refractivity contribution in [3.05, 3.63) is 15.5 Å². The van der Waals surface area contributed by atoms with Crippen LogP contribution in [0.4, 0.5) is 0 Å². The molecule has 0 saturated heterocycles. The zero-order valence-electron chi connectivity index (χ0n) is 9.46. The molecule has 5 heteroatoms. The van der Waals surface area contributed by atoms with Gasteiger partial charge in [-0.05, 0) is 19.1 Å². The fourth-order valence-corrected chi connectivity index (χ4v) is 4.11. The first-order valence-electron chi connectivity index (χ1n) is 5.60. The van der Waals surface area contributed by atoms with Gasteiger partial charge in [-0.25, -0.2) is 4.98 Å². The molecule has 1 aromatic rings. The first kappa shape index (κ1) is 12.7. The molecule has 0 radical (unpaired) electrons. The van der Waals surface area contributed by atoms with Crippen molar-refractivity contribution in [2.24, 2.45) is 0 Å². The Morgan fingerprint density at radius 2 is 2.31 bits per heavy atom. The predicted molar refractivity (Wildman–Crippen MR) is 73.5 cm³/mol. The molecule has 0 aliphatic heterocycles. The van der Waals surface area contributed by atoms with Crippen molar-refractivity contribution in [2.45, 2.75) is 37.0 Å². The van der Waals surface area contributed by atoms with E-state index in [-0.39, 0.29) is 0 Å². The van der Waals surface area contributed by atoms with Gasteiger partial charge in [0.15, 0.2) is 0 Å². The molecule has 16 heavy (non-hydrogen) atoms. The van der Waals surface area contributed by atoms with Gasteiger partial charge in [0.05, 0.1) is 6.20 Å². The molecule has 0 atom stereocenters. The first-order chi connectivity index (χ1) is 7.74. The summed E-state index contributed by atoms with van der Waals surface area (Å²) < 4.78 is 1.25. The van der Waals surface area contributed by atoms with E-state index >= 15 is 0 Å². The van der Waals surface area contributed by atoms with E-state index in [1.54, 1.807) is 17.5 Å². The summed E-state index contributed by atoms with van der Waals surface area (Å²) in [6, 6.07) is 0. The lowest BCUT2D eigenvalue weighted by Crippen LogP contribution is -2.34. The number of aromatic nitrogens is 1. The molecule has 1 fully saturated rings. The first-order valence-corrected chi connectivity index (χ1v) is 8.02. The van der Waals surface area contributed by atoms with E-state index in [0.29, 0.717) is 4.75 Å². The van der Waals surface area contributed by atoms with Gasteiger partial charge in [0.2, 0.25) is 0 Å². The van der Waals surface area contributed by atoms with Crippen LogP contribution in [0.3, 0.4) is 0 Å². The number of thiazole rings is 1. The maximum atomic E-state index is 5.85. The van der Waals surface area contributed by atoms with Crippen LogP contribution in [0.1, 0.15) is 30.7 Å². The van der Waals surface area contributed by atoms with Gasteiger partial charge in [0.1, 0.15) is 9.34 Å². The molecule has 1 aromatic heterocycles. The smallest absolute Gasteiger partial charge is 0.113 e. The summed E-state index contributed by atoms with van der Waals surface area (Å²) in [6.07, 6.45) is 9.41. The van der Waals surface area contributed by atoms with Gasteiger partial charge in [0, 0.05) is 17.8 Å². The second-order valence-electron chi connectivity index (χ2n) is 4.26. The van der Waals surface area contributed by atoms with Gasteiger partial charge >= 0.3 is 0 Å². The topological polar surface area (TPSA) is 24.9 Å². The molecule has 1 N–H and O–H groups in total. The Kier molecular flexibility index (Phi) is 4.53. The van der Waals surface area contributed by atoms with Crippen LogP contribution in [0.5, 0.6) is 0 Å². The third-order valence-corrected chi connectivity index (χ3v) is 5.73. The highest BCUT2D eigenvalue weighted by atomic mass is 35.5. The van der Waals surface area contributed by atoms with Crippen LogP contribution < -0.4 is 5.32 Å². The molecule has 0 bridgehead atoms. The second kappa shape index (κ2) is 5.71. The highest BCUT2D eigenvalue weighted by Gasteiger charge is 2.32. The molecule has 90 valence electrons. The molecular weight excluding hydrogens is 260 g/mol. The number of thioether (sulfide) groups is 1. The molecule has 1 aliphatic rings. The van der Waals surface area contributed by atoms with Crippen molar-refractivity contribution in [3.8, 4) is 0 Å². The molecule has 0 unspecified atom stereocenters. The number of halogens is 1. The standard InChI is InChI=1S/C11H17ClN2S2/c1-15-11(4-2-3-5-11)8-13-7-10-14-6-9(12)16-10/h6,13H,2-5,7-8H2,1H3. The van der Waals surface area contributed by atoms with E-state index < -0.39 is 0 Å². The van der Waals surface area contributed by atoms with E-state index in [9.17, 15) is 0 Å². The van der Waals surface area contributed by atoms with Crippen LogP contribution in [0.15, 0.2) is 6.20 Å². The monoisotopic (exact) mass is 276 g/mol. The third-order valence-electron chi connectivity index (χ3n) is 3.20. The number of hydrogen-bond acceptors (Lipinski definition) is 4. The average molecular weight is 277 g/mol. The summed E-state index contributed by atoms with van der Waals surface area (Å²) in [6.45, 7) is 1.94.